The SMILES string of the molecule is [N-]=[N+]=N[C@H]1C2OC[C@@H](O2)[C@@H](O)[C@@H]1O. The van der Waals surface area contributed by atoms with E-state index in [0.717, 1.165) is 0 Å². The van der Waals surface area contributed by atoms with Gasteiger partial charge in [-0.05, 0) is 5.53 Å². The number of azide groups is 1. The molecule has 72 valence electrons. The molecule has 7 heteroatoms. The maximum Gasteiger partial charge on any atom is 0.169 e. The van der Waals surface area contributed by atoms with Crippen LogP contribution in [-0.4, -0.2) is 47.5 Å². The summed E-state index contributed by atoms with van der Waals surface area (Å²) in [4.78, 5) is 2.55. The lowest BCUT2D eigenvalue weighted by Gasteiger charge is -2.32. The second-order valence-electron chi connectivity index (χ2n) is 3.05. The third-order valence-electron chi connectivity index (χ3n) is 2.28. The number of nitrogens with zero attached hydrogens (tertiary/aromatic N) is 3. The van der Waals surface area contributed by atoms with E-state index in [-0.39, 0.29) is 6.61 Å². The lowest BCUT2D eigenvalue weighted by Crippen LogP contribution is -2.52. The van der Waals surface area contributed by atoms with Crippen LogP contribution in [0, 0.1) is 0 Å². The zero-order valence-corrected chi connectivity index (χ0v) is 6.65. The van der Waals surface area contributed by atoms with Crippen LogP contribution in [0.5, 0.6) is 0 Å². The Balaban J connectivity index is 2.21. The van der Waals surface area contributed by atoms with Crippen molar-refractivity contribution in [2.75, 3.05) is 6.61 Å². The number of rotatable bonds is 1. The van der Waals surface area contributed by atoms with Crippen LogP contribution in [0.4, 0.5) is 0 Å². The van der Waals surface area contributed by atoms with Gasteiger partial charge < -0.3 is 19.7 Å². The van der Waals surface area contributed by atoms with Gasteiger partial charge in [0.2, 0.25) is 0 Å². The first-order valence-electron chi connectivity index (χ1n) is 3.91. The lowest BCUT2D eigenvalue weighted by atomic mass is 10.00. The molecule has 0 saturated carbocycles. The summed E-state index contributed by atoms with van der Waals surface area (Å²) in [6.07, 6.45) is -3.39. The number of hydrogen-bond acceptors (Lipinski definition) is 5. The summed E-state index contributed by atoms with van der Waals surface area (Å²) in [6.45, 7) is 0.223. The first kappa shape index (κ1) is 8.74. The van der Waals surface area contributed by atoms with Gasteiger partial charge in [0.1, 0.15) is 18.2 Å². The van der Waals surface area contributed by atoms with Crippen LogP contribution in [0.25, 0.3) is 10.4 Å². The van der Waals surface area contributed by atoms with E-state index in [4.69, 9.17) is 15.0 Å². The van der Waals surface area contributed by atoms with Crippen LogP contribution in [-0.2, 0) is 9.47 Å². The molecule has 2 heterocycles. The average molecular weight is 187 g/mol. The van der Waals surface area contributed by atoms with E-state index in [9.17, 15) is 10.2 Å². The highest BCUT2D eigenvalue weighted by Crippen LogP contribution is 2.29. The highest BCUT2D eigenvalue weighted by Gasteiger charge is 2.49. The maximum atomic E-state index is 9.47. The summed E-state index contributed by atoms with van der Waals surface area (Å²) in [5.41, 5.74) is 8.20. The Hall–Kier alpha value is -0.850. The molecule has 2 saturated heterocycles. The normalized spacial score (nSPS) is 48.6. The average Bonchev–Trinajstić information content (AvgIpc) is 2.56. The lowest BCUT2D eigenvalue weighted by molar-refractivity contribution is -0.177. The molecule has 0 aromatic carbocycles. The van der Waals surface area contributed by atoms with E-state index in [1.165, 1.54) is 0 Å². The molecule has 1 unspecified atom stereocenters. The molecule has 0 aliphatic carbocycles. The fourth-order valence-corrected chi connectivity index (χ4v) is 1.56. The molecule has 2 fully saturated rings. The minimum atomic E-state index is -1.11. The second kappa shape index (κ2) is 3.13. The third kappa shape index (κ3) is 1.27. The Morgan fingerprint density at radius 3 is 2.85 bits per heavy atom. The molecule has 5 atom stereocenters. The van der Waals surface area contributed by atoms with Crippen molar-refractivity contribution in [3.63, 3.8) is 0 Å². The van der Waals surface area contributed by atoms with E-state index >= 15 is 0 Å². The summed E-state index contributed by atoms with van der Waals surface area (Å²) in [5.74, 6) is 0. The molecule has 13 heavy (non-hydrogen) atoms. The Bertz CT molecular complexity index is 254. The van der Waals surface area contributed by atoms with Crippen molar-refractivity contribution in [1.29, 1.82) is 0 Å². The van der Waals surface area contributed by atoms with Gasteiger partial charge in [-0.3, -0.25) is 0 Å². The standard InChI is InChI=1S/C6H9N3O4/c7-9-8-3-5(11)4(10)2-1-12-6(3)13-2/h2-6,10-11H,1H2/t2-,3-,4-,5-,6?/m1/s1. The molecule has 0 aromatic rings. The zero-order valence-electron chi connectivity index (χ0n) is 6.65. The first-order valence-corrected chi connectivity index (χ1v) is 3.91. The molecule has 2 bridgehead atoms. The molecule has 2 N–H and O–H groups in total. The number of aliphatic hydroxyl groups excluding tert-OH is 2. The summed E-state index contributed by atoms with van der Waals surface area (Å²) < 4.78 is 10.2. The summed E-state index contributed by atoms with van der Waals surface area (Å²) >= 11 is 0. The summed E-state index contributed by atoms with van der Waals surface area (Å²) in [6, 6.07) is -0.862. The first-order chi connectivity index (χ1) is 6.24. The van der Waals surface area contributed by atoms with Crippen molar-refractivity contribution in [2.24, 2.45) is 5.11 Å². The highest BCUT2D eigenvalue weighted by atomic mass is 16.7. The molecule has 0 aromatic heterocycles. The van der Waals surface area contributed by atoms with E-state index in [1.807, 2.05) is 0 Å². The van der Waals surface area contributed by atoms with E-state index in [2.05, 4.69) is 10.0 Å². The predicted molar refractivity (Wildman–Crippen MR) is 39.6 cm³/mol. The van der Waals surface area contributed by atoms with Gasteiger partial charge in [-0.25, -0.2) is 0 Å². The van der Waals surface area contributed by atoms with Crippen LogP contribution < -0.4 is 0 Å². The Morgan fingerprint density at radius 2 is 2.15 bits per heavy atom. The molecular weight excluding hydrogens is 178 g/mol. The third-order valence-corrected chi connectivity index (χ3v) is 2.28. The van der Waals surface area contributed by atoms with Gasteiger partial charge in [0.05, 0.1) is 12.7 Å². The molecule has 2 aliphatic rings. The minimum absolute atomic E-state index is 0.223. The molecule has 2 rings (SSSR count). The Labute approximate surface area is 73.5 Å². The van der Waals surface area contributed by atoms with E-state index in [0.29, 0.717) is 0 Å². The van der Waals surface area contributed by atoms with Crippen molar-refractivity contribution in [3.05, 3.63) is 10.4 Å². The van der Waals surface area contributed by atoms with Crippen LogP contribution in [0.1, 0.15) is 0 Å². The smallest absolute Gasteiger partial charge is 0.169 e. The fraction of sp³-hybridized carbons (Fsp3) is 1.00. The van der Waals surface area contributed by atoms with Crippen molar-refractivity contribution >= 4 is 0 Å². The molecule has 0 amide bonds. The van der Waals surface area contributed by atoms with Crippen LogP contribution in [0.2, 0.25) is 0 Å². The van der Waals surface area contributed by atoms with Crippen LogP contribution in [0.15, 0.2) is 5.11 Å². The van der Waals surface area contributed by atoms with Gasteiger partial charge in [-0.15, -0.1) is 0 Å². The van der Waals surface area contributed by atoms with Crippen molar-refractivity contribution in [3.8, 4) is 0 Å². The van der Waals surface area contributed by atoms with Gasteiger partial charge in [0.25, 0.3) is 0 Å². The monoisotopic (exact) mass is 187 g/mol. The van der Waals surface area contributed by atoms with Crippen LogP contribution >= 0.6 is 0 Å². The highest BCUT2D eigenvalue weighted by molar-refractivity contribution is 4.96. The molecule has 2 aliphatic heterocycles. The van der Waals surface area contributed by atoms with Gasteiger partial charge in [0, 0.05) is 4.91 Å². The minimum Gasteiger partial charge on any atom is -0.390 e. The zero-order chi connectivity index (χ0) is 9.42. The number of fused-ring (bicyclic) bond motifs is 2. The quantitative estimate of drug-likeness (QED) is 0.316. The number of aliphatic hydroxyl groups is 2. The Morgan fingerprint density at radius 1 is 1.38 bits per heavy atom. The Kier molecular flexibility index (Phi) is 2.10. The summed E-state index contributed by atoms with van der Waals surface area (Å²) in [5, 5.41) is 22.2. The number of hydrogen-bond donors (Lipinski definition) is 2. The topological polar surface area (TPSA) is 108 Å². The van der Waals surface area contributed by atoms with E-state index in [1.54, 1.807) is 0 Å². The second-order valence-corrected chi connectivity index (χ2v) is 3.05. The van der Waals surface area contributed by atoms with Crippen LogP contribution in [0.3, 0.4) is 0 Å². The summed E-state index contributed by atoms with van der Waals surface area (Å²) in [7, 11) is 0. The molecular formula is C6H9N3O4. The van der Waals surface area contributed by atoms with Crippen molar-refractivity contribution in [1.82, 2.24) is 0 Å². The van der Waals surface area contributed by atoms with Gasteiger partial charge in [-0.2, -0.15) is 0 Å². The number of ether oxygens (including phenoxy) is 2. The molecule has 0 spiro atoms. The predicted octanol–water partition coefficient (Wildman–Crippen LogP) is -0.858. The van der Waals surface area contributed by atoms with Gasteiger partial charge in [-0.1, -0.05) is 5.11 Å². The van der Waals surface area contributed by atoms with Crippen molar-refractivity contribution < 1.29 is 19.7 Å². The molecule has 7 nitrogen and oxygen atoms in total. The maximum absolute atomic E-state index is 9.47. The van der Waals surface area contributed by atoms with Gasteiger partial charge >= 0.3 is 0 Å². The largest absolute Gasteiger partial charge is 0.390 e. The molecule has 0 radical (unpaired) electrons. The van der Waals surface area contributed by atoms with Gasteiger partial charge in [0.15, 0.2) is 6.29 Å². The fourth-order valence-electron chi connectivity index (χ4n) is 1.56. The van der Waals surface area contributed by atoms with E-state index < -0.39 is 30.6 Å². The van der Waals surface area contributed by atoms with Crippen molar-refractivity contribution in [2.45, 2.75) is 30.6 Å².